The predicted molar refractivity (Wildman–Crippen MR) is 88.2 cm³/mol. The van der Waals surface area contributed by atoms with Crippen LogP contribution < -0.4 is 22.9 Å². The molecule has 0 saturated heterocycles. The van der Waals surface area contributed by atoms with E-state index in [1.165, 1.54) is 12.7 Å². The first-order valence-corrected chi connectivity index (χ1v) is 5.98. The lowest BCUT2D eigenvalue weighted by molar-refractivity contribution is 0.823. The van der Waals surface area contributed by atoms with Crippen LogP contribution in [0.1, 0.15) is 0 Å². The minimum absolute atomic E-state index is 0. The van der Waals surface area contributed by atoms with Crippen molar-refractivity contribution in [2.45, 2.75) is 0 Å². The summed E-state index contributed by atoms with van der Waals surface area (Å²) in [6, 6.07) is 0. The molecule has 4 aromatic rings. The van der Waals surface area contributed by atoms with Crippen LogP contribution >= 0.6 is 0 Å². The largest absolute Gasteiger partial charge is 0.412 e. The summed E-state index contributed by atoms with van der Waals surface area (Å²) in [5.74, 6) is 0.930. The van der Waals surface area contributed by atoms with E-state index in [0.29, 0.717) is 34.0 Å². The Morgan fingerprint density at radius 2 is 1.00 bits per heavy atom. The summed E-state index contributed by atoms with van der Waals surface area (Å²) in [5, 5.41) is 0. The highest BCUT2D eigenvalue weighted by atomic mass is 16.0. The maximum Gasteiger partial charge on any atom is 0.224 e. The zero-order valence-corrected chi connectivity index (χ0v) is 12.1. The number of nitrogens with zero attached hydrogens (tertiary/aromatic N) is 6. The van der Waals surface area contributed by atoms with Crippen LogP contribution in [0.25, 0.3) is 22.3 Å². The van der Waals surface area contributed by atoms with Crippen molar-refractivity contribution in [3.05, 3.63) is 12.7 Å². The van der Waals surface area contributed by atoms with Gasteiger partial charge in [-0.1, -0.05) is 0 Å². The first-order chi connectivity index (χ1) is 10.5. The number of anilines is 4. The molecule has 0 aromatic carbocycles. The van der Waals surface area contributed by atoms with E-state index < -0.39 is 0 Å². The first kappa shape index (κ1) is 18.3. The van der Waals surface area contributed by atoms with Crippen molar-refractivity contribution in [2.24, 2.45) is 0 Å². The molecule has 4 rings (SSSR count). The number of H-pyrrole nitrogens is 2. The van der Waals surface area contributed by atoms with Crippen molar-refractivity contribution in [1.29, 1.82) is 0 Å². The number of fused-ring (bicyclic) bond motifs is 2. The Labute approximate surface area is 133 Å². The number of aromatic amines is 2. The lowest BCUT2D eigenvalue weighted by Gasteiger charge is -1.94. The average Bonchev–Trinajstić information content (AvgIpc) is 3.07. The third kappa shape index (κ3) is 3.34. The molecule has 0 amide bonds. The quantitative estimate of drug-likeness (QED) is 0.194. The normalized spacial score (nSPS) is 9.67. The van der Waals surface area contributed by atoms with Crippen LogP contribution in [0.5, 0.6) is 0 Å². The van der Waals surface area contributed by atoms with Crippen LogP contribution in [0.15, 0.2) is 12.7 Å². The topological polar surface area (TPSA) is 276 Å². The second-order valence-electron chi connectivity index (χ2n) is 4.14. The standard InChI is InChI=1S/2C5H6N6.2H2O/c2*6-3-2-4(9-1-8-2)11-5(7)10-3;;/h2*1H,(H5,6,7,8,9,10,11);2*1H2. The monoisotopic (exact) mass is 336 g/mol. The molecule has 0 bridgehead atoms. The van der Waals surface area contributed by atoms with Crippen molar-refractivity contribution in [1.82, 2.24) is 39.9 Å². The van der Waals surface area contributed by atoms with E-state index in [0.717, 1.165) is 0 Å². The third-order valence-corrected chi connectivity index (χ3v) is 2.66. The van der Waals surface area contributed by atoms with Crippen LogP contribution in [-0.2, 0) is 0 Å². The number of nitrogen functional groups attached to an aromatic ring is 4. The van der Waals surface area contributed by atoms with Crippen molar-refractivity contribution in [3.63, 3.8) is 0 Å². The van der Waals surface area contributed by atoms with Gasteiger partial charge in [0.2, 0.25) is 11.9 Å². The molecule has 0 atom stereocenters. The Kier molecular flexibility index (Phi) is 5.32. The SMILES string of the molecule is Nc1nc(N)c2[nH]cnc2n1.Nc1nc(N)c2[nH]cnc2n1.O.O. The van der Waals surface area contributed by atoms with Crippen molar-refractivity contribution >= 4 is 45.9 Å². The van der Waals surface area contributed by atoms with Crippen LogP contribution in [0.2, 0.25) is 0 Å². The Morgan fingerprint density at radius 1 is 0.625 bits per heavy atom. The number of hydrogen-bond donors (Lipinski definition) is 6. The van der Waals surface area contributed by atoms with Crippen LogP contribution in [0, 0.1) is 0 Å². The van der Waals surface area contributed by atoms with E-state index in [4.69, 9.17) is 22.9 Å². The summed E-state index contributed by atoms with van der Waals surface area (Å²) < 4.78 is 0. The van der Waals surface area contributed by atoms with Gasteiger partial charge in [-0.15, -0.1) is 0 Å². The van der Waals surface area contributed by atoms with Gasteiger partial charge in [0.15, 0.2) is 22.9 Å². The van der Waals surface area contributed by atoms with Crippen LogP contribution in [-0.4, -0.2) is 50.8 Å². The average molecular weight is 336 g/mol. The Morgan fingerprint density at radius 3 is 1.38 bits per heavy atom. The second-order valence-corrected chi connectivity index (χ2v) is 4.14. The van der Waals surface area contributed by atoms with Gasteiger partial charge in [-0.3, -0.25) is 0 Å². The van der Waals surface area contributed by atoms with E-state index in [2.05, 4.69) is 39.9 Å². The van der Waals surface area contributed by atoms with E-state index in [-0.39, 0.29) is 22.8 Å². The smallest absolute Gasteiger partial charge is 0.224 e. The van der Waals surface area contributed by atoms with Gasteiger partial charge in [-0.05, 0) is 0 Å². The lowest BCUT2D eigenvalue weighted by atomic mass is 10.5. The molecule has 14 heteroatoms. The summed E-state index contributed by atoms with van der Waals surface area (Å²) in [4.78, 5) is 28.5. The summed E-state index contributed by atoms with van der Waals surface area (Å²) >= 11 is 0. The molecule has 0 saturated carbocycles. The van der Waals surface area contributed by atoms with Crippen LogP contribution in [0.4, 0.5) is 23.5 Å². The van der Waals surface area contributed by atoms with Gasteiger partial charge in [0.05, 0.1) is 12.7 Å². The maximum absolute atomic E-state index is 5.50. The van der Waals surface area contributed by atoms with Gasteiger partial charge in [0.25, 0.3) is 0 Å². The lowest BCUT2D eigenvalue weighted by Crippen LogP contribution is -1.99. The molecule has 0 radical (unpaired) electrons. The molecule has 14 nitrogen and oxygen atoms in total. The summed E-state index contributed by atoms with van der Waals surface area (Å²) in [5.41, 5.74) is 23.9. The number of rotatable bonds is 0. The Balaban J connectivity index is 0.000000222. The highest BCUT2D eigenvalue weighted by Crippen LogP contribution is 2.13. The minimum atomic E-state index is 0. The van der Waals surface area contributed by atoms with Gasteiger partial charge >= 0.3 is 0 Å². The molecule has 14 N–H and O–H groups in total. The van der Waals surface area contributed by atoms with Gasteiger partial charge in [-0.25, -0.2) is 9.97 Å². The molecular weight excluding hydrogens is 320 g/mol. The van der Waals surface area contributed by atoms with Crippen molar-refractivity contribution in [3.8, 4) is 0 Å². The molecule has 0 aliphatic heterocycles. The predicted octanol–water partition coefficient (Wildman–Crippen LogP) is -2.61. The highest BCUT2D eigenvalue weighted by molar-refractivity contribution is 5.82. The van der Waals surface area contributed by atoms with Gasteiger partial charge < -0.3 is 43.9 Å². The summed E-state index contributed by atoms with van der Waals surface area (Å²) in [7, 11) is 0. The van der Waals surface area contributed by atoms with Gasteiger partial charge in [0, 0.05) is 0 Å². The fraction of sp³-hybridized carbons (Fsp3) is 0. The second kappa shape index (κ2) is 6.99. The third-order valence-electron chi connectivity index (χ3n) is 2.66. The van der Waals surface area contributed by atoms with Crippen molar-refractivity contribution in [2.75, 3.05) is 22.9 Å². The molecular formula is C10H16N12O2. The number of nitrogens with two attached hydrogens (primary N) is 4. The molecule has 24 heavy (non-hydrogen) atoms. The number of aromatic nitrogens is 8. The molecule has 0 spiro atoms. The zero-order valence-electron chi connectivity index (χ0n) is 12.1. The fourth-order valence-electron chi connectivity index (χ4n) is 1.75. The van der Waals surface area contributed by atoms with E-state index in [1.807, 2.05) is 0 Å². The summed E-state index contributed by atoms with van der Waals surface area (Å²) in [6.07, 6.45) is 2.99. The number of imidazole rings is 2. The molecule has 128 valence electrons. The molecule has 4 heterocycles. The number of hydrogen-bond acceptors (Lipinski definition) is 10. The number of nitrogens with one attached hydrogen (secondary N) is 2. The fourth-order valence-corrected chi connectivity index (χ4v) is 1.75. The van der Waals surface area contributed by atoms with E-state index in [9.17, 15) is 0 Å². The molecule has 0 unspecified atom stereocenters. The van der Waals surface area contributed by atoms with Crippen molar-refractivity contribution < 1.29 is 11.0 Å². The molecule has 0 aliphatic rings. The van der Waals surface area contributed by atoms with Crippen LogP contribution in [0.3, 0.4) is 0 Å². The Hall–Kier alpha value is -3.78. The maximum atomic E-state index is 5.50. The first-order valence-electron chi connectivity index (χ1n) is 5.98. The molecule has 4 aromatic heterocycles. The van der Waals surface area contributed by atoms with E-state index in [1.54, 1.807) is 0 Å². The zero-order chi connectivity index (χ0) is 15.7. The molecule has 0 fully saturated rings. The molecule has 0 aliphatic carbocycles. The Bertz CT molecular complexity index is 869. The highest BCUT2D eigenvalue weighted by Gasteiger charge is 2.04. The van der Waals surface area contributed by atoms with Gasteiger partial charge in [0.1, 0.15) is 11.0 Å². The summed E-state index contributed by atoms with van der Waals surface area (Å²) in [6.45, 7) is 0. The van der Waals surface area contributed by atoms with E-state index >= 15 is 0 Å². The minimum Gasteiger partial charge on any atom is -0.412 e. The van der Waals surface area contributed by atoms with Gasteiger partial charge in [-0.2, -0.15) is 19.9 Å².